The third kappa shape index (κ3) is 39.7. The van der Waals surface area contributed by atoms with Gasteiger partial charge in [-0.2, -0.15) is 0 Å². The summed E-state index contributed by atoms with van der Waals surface area (Å²) in [5.41, 5.74) is 0. The van der Waals surface area contributed by atoms with Gasteiger partial charge in [-0.15, -0.1) is 0 Å². The van der Waals surface area contributed by atoms with E-state index in [4.69, 9.17) is 19.1 Å². The van der Waals surface area contributed by atoms with Gasteiger partial charge in [0.1, 0.15) is 12.7 Å². The van der Waals surface area contributed by atoms with Crippen LogP contribution in [0.1, 0.15) is 136 Å². The van der Waals surface area contributed by atoms with Crippen LogP contribution >= 0.6 is 7.82 Å². The molecule has 58 heavy (non-hydrogen) atoms. The molecule has 0 amide bonds. The minimum atomic E-state index is -4.65. The van der Waals surface area contributed by atoms with Gasteiger partial charge < -0.3 is 29.7 Å². The van der Waals surface area contributed by atoms with Crippen molar-refractivity contribution in [3.8, 4) is 0 Å². The molecule has 0 aliphatic rings. The number of phosphoric ester groups is 1. The molecule has 4 atom stereocenters. The number of esters is 2. The Hall–Kier alpha value is -3.15. The van der Waals surface area contributed by atoms with Crippen LogP contribution in [-0.2, 0) is 32.7 Å². The molecule has 0 rings (SSSR count). The van der Waals surface area contributed by atoms with Crippen molar-refractivity contribution in [2.75, 3.05) is 26.4 Å². The normalized spacial score (nSPS) is 15.3. The third-order valence-corrected chi connectivity index (χ3v) is 9.34. The second-order valence-electron chi connectivity index (χ2n) is 13.8. The first-order valence-electron chi connectivity index (χ1n) is 21.3. The number of hydrogen-bond acceptors (Lipinski definition) is 10. The van der Waals surface area contributed by atoms with Gasteiger partial charge in [0, 0.05) is 12.8 Å². The first-order chi connectivity index (χ1) is 28.1. The summed E-state index contributed by atoms with van der Waals surface area (Å²) < 4.78 is 32.6. The van der Waals surface area contributed by atoms with E-state index >= 15 is 0 Å². The Bertz CT molecular complexity index is 1300. The quantitative estimate of drug-likeness (QED) is 0.0202. The van der Waals surface area contributed by atoms with Crippen molar-refractivity contribution in [1.29, 1.82) is 0 Å². The maximum Gasteiger partial charge on any atom is 0.472 e. The van der Waals surface area contributed by atoms with Gasteiger partial charge in [-0.1, -0.05) is 124 Å². The SMILES string of the molecule is CC/C=C\C/C=C\C/C=C\C/C=C\CCCCCCC(=O)O[C@H](COC(=O)CCC/C=C\C/C=C\C/C=C\C/C=C\CC[C@@H](O)CC)COP(=O)(O)OC[C@@H](O)CO. The molecule has 0 heterocycles. The summed E-state index contributed by atoms with van der Waals surface area (Å²) in [6.07, 6.45) is 46.1. The van der Waals surface area contributed by atoms with Crippen molar-refractivity contribution in [2.24, 2.45) is 0 Å². The lowest BCUT2D eigenvalue weighted by atomic mass is 10.1. The largest absolute Gasteiger partial charge is 0.472 e. The predicted octanol–water partition coefficient (Wildman–Crippen LogP) is 10.2. The molecule has 0 saturated heterocycles. The van der Waals surface area contributed by atoms with Gasteiger partial charge in [-0.25, -0.2) is 4.57 Å². The zero-order valence-electron chi connectivity index (χ0n) is 35.3. The van der Waals surface area contributed by atoms with Gasteiger partial charge >= 0.3 is 19.8 Å². The minimum Gasteiger partial charge on any atom is -0.462 e. The number of allylic oxidation sites excluding steroid dienone is 16. The molecule has 0 spiro atoms. The molecule has 0 bridgehead atoms. The highest BCUT2D eigenvalue weighted by molar-refractivity contribution is 7.47. The molecule has 1 unspecified atom stereocenters. The van der Waals surface area contributed by atoms with Gasteiger partial charge in [0.25, 0.3) is 0 Å². The van der Waals surface area contributed by atoms with E-state index in [2.05, 4.69) is 96.5 Å². The molecular formula is C46H75O11P. The summed E-state index contributed by atoms with van der Waals surface area (Å²) in [5, 5.41) is 27.9. The van der Waals surface area contributed by atoms with Crippen molar-refractivity contribution in [1.82, 2.24) is 0 Å². The predicted molar refractivity (Wildman–Crippen MR) is 234 cm³/mol. The van der Waals surface area contributed by atoms with E-state index in [-0.39, 0.29) is 25.6 Å². The van der Waals surface area contributed by atoms with Crippen molar-refractivity contribution in [3.63, 3.8) is 0 Å². The lowest BCUT2D eigenvalue weighted by Gasteiger charge is -2.20. The summed E-state index contributed by atoms with van der Waals surface area (Å²) in [6, 6.07) is 0. The third-order valence-electron chi connectivity index (χ3n) is 8.39. The lowest BCUT2D eigenvalue weighted by Crippen LogP contribution is -2.29. The highest BCUT2D eigenvalue weighted by Crippen LogP contribution is 2.43. The van der Waals surface area contributed by atoms with Gasteiger partial charge in [0.2, 0.25) is 0 Å². The van der Waals surface area contributed by atoms with Crippen LogP contribution in [-0.4, -0.2) is 76.9 Å². The van der Waals surface area contributed by atoms with E-state index in [0.29, 0.717) is 19.3 Å². The topological polar surface area (TPSA) is 169 Å². The molecule has 12 heteroatoms. The lowest BCUT2D eigenvalue weighted by molar-refractivity contribution is -0.161. The number of carbonyl (C=O) groups is 2. The van der Waals surface area contributed by atoms with E-state index in [1.807, 2.05) is 19.1 Å². The molecule has 0 radical (unpaired) electrons. The smallest absolute Gasteiger partial charge is 0.462 e. The first-order valence-corrected chi connectivity index (χ1v) is 22.8. The first kappa shape index (κ1) is 54.9. The Morgan fingerprint density at radius 3 is 1.55 bits per heavy atom. The Balaban J connectivity index is 4.48. The number of aliphatic hydroxyl groups excluding tert-OH is 3. The molecular weight excluding hydrogens is 759 g/mol. The summed E-state index contributed by atoms with van der Waals surface area (Å²) in [6.45, 7) is 1.86. The molecule has 0 aromatic rings. The molecule has 4 N–H and O–H groups in total. The monoisotopic (exact) mass is 835 g/mol. The summed E-state index contributed by atoms with van der Waals surface area (Å²) in [5.74, 6) is -1.05. The van der Waals surface area contributed by atoms with Crippen LogP contribution in [0, 0.1) is 0 Å². The van der Waals surface area contributed by atoms with Crippen molar-refractivity contribution in [3.05, 3.63) is 97.2 Å². The second kappa shape index (κ2) is 40.6. The summed E-state index contributed by atoms with van der Waals surface area (Å²) in [7, 11) is -4.65. The summed E-state index contributed by atoms with van der Waals surface area (Å²) >= 11 is 0. The van der Waals surface area contributed by atoms with Gasteiger partial charge in [0.15, 0.2) is 6.10 Å². The fraction of sp³-hybridized carbons (Fsp3) is 0.609. The molecule has 0 fully saturated rings. The van der Waals surface area contributed by atoms with Crippen molar-refractivity contribution in [2.45, 2.75) is 154 Å². The highest BCUT2D eigenvalue weighted by atomic mass is 31.2. The van der Waals surface area contributed by atoms with E-state index < -0.39 is 51.8 Å². The fourth-order valence-electron chi connectivity index (χ4n) is 4.95. The fourth-order valence-corrected chi connectivity index (χ4v) is 5.74. The Kier molecular flexibility index (Phi) is 38.4. The maximum absolute atomic E-state index is 12.6. The van der Waals surface area contributed by atoms with Crippen LogP contribution in [0.3, 0.4) is 0 Å². The number of aliphatic hydroxyl groups is 3. The Morgan fingerprint density at radius 1 is 0.552 bits per heavy atom. The summed E-state index contributed by atoms with van der Waals surface area (Å²) in [4.78, 5) is 35.0. The van der Waals surface area contributed by atoms with Crippen LogP contribution in [0.25, 0.3) is 0 Å². The molecule has 11 nitrogen and oxygen atoms in total. The van der Waals surface area contributed by atoms with Crippen LogP contribution in [0.2, 0.25) is 0 Å². The maximum atomic E-state index is 12.6. The Labute approximate surface area is 349 Å². The molecule has 330 valence electrons. The molecule has 0 aromatic heterocycles. The van der Waals surface area contributed by atoms with Crippen LogP contribution in [0.5, 0.6) is 0 Å². The standard InChI is InChI=1S/C46H75O11P/c1-3-5-6-7-8-9-10-11-12-13-14-19-22-25-28-31-34-37-46(51)57-44(41-56-58(52,53)55-39-43(49)38-47)40-54-45(50)36-33-30-27-24-21-18-16-15-17-20-23-26-29-32-35-42(48)4-2/h5-6,8-9,11-12,14,16-20,24,26-27,29,42-44,47-49H,3-4,7,10,13,15,21-23,25,28,30-41H2,1-2H3,(H,52,53)/b6-5-,9-8-,12-11-,18-16-,19-14-,20-17-,27-24-,29-26-/t42-,43-,44+/m0/s1. The van der Waals surface area contributed by atoms with Gasteiger partial charge in [0.05, 0.1) is 25.9 Å². The minimum absolute atomic E-state index is 0.131. The van der Waals surface area contributed by atoms with E-state index in [1.165, 1.54) is 0 Å². The average molecular weight is 835 g/mol. The van der Waals surface area contributed by atoms with Crippen LogP contribution in [0.15, 0.2) is 97.2 Å². The zero-order valence-corrected chi connectivity index (χ0v) is 36.2. The molecule has 0 aliphatic carbocycles. The molecule has 0 aromatic carbocycles. The number of ether oxygens (including phenoxy) is 2. The second-order valence-corrected chi connectivity index (χ2v) is 15.2. The van der Waals surface area contributed by atoms with Gasteiger partial charge in [-0.3, -0.25) is 18.6 Å². The van der Waals surface area contributed by atoms with E-state index in [9.17, 15) is 29.3 Å². The number of unbranched alkanes of at least 4 members (excludes halogenated alkanes) is 5. The van der Waals surface area contributed by atoms with Crippen LogP contribution < -0.4 is 0 Å². The highest BCUT2D eigenvalue weighted by Gasteiger charge is 2.27. The molecule has 0 saturated carbocycles. The number of phosphoric acid groups is 1. The zero-order chi connectivity index (χ0) is 42.8. The Morgan fingerprint density at radius 2 is 1.02 bits per heavy atom. The van der Waals surface area contributed by atoms with Crippen LogP contribution in [0.4, 0.5) is 0 Å². The number of rotatable bonds is 38. The number of carbonyl (C=O) groups excluding carboxylic acids is 2. The molecule has 0 aliphatic heterocycles. The van der Waals surface area contributed by atoms with Gasteiger partial charge in [-0.05, 0) is 96.3 Å². The van der Waals surface area contributed by atoms with Crippen molar-refractivity contribution >= 4 is 19.8 Å². The average Bonchev–Trinajstić information content (AvgIpc) is 3.21. The van der Waals surface area contributed by atoms with Crippen molar-refractivity contribution < 1.29 is 52.9 Å². The van der Waals surface area contributed by atoms with E-state index in [0.717, 1.165) is 89.9 Å². The van der Waals surface area contributed by atoms with E-state index in [1.54, 1.807) is 0 Å². The number of hydrogen-bond donors (Lipinski definition) is 4.